The summed E-state index contributed by atoms with van der Waals surface area (Å²) in [6, 6.07) is 4.57. The summed E-state index contributed by atoms with van der Waals surface area (Å²) in [6.45, 7) is 4.19. The van der Waals surface area contributed by atoms with Gasteiger partial charge in [-0.15, -0.1) is 0 Å². The Morgan fingerprint density at radius 3 is 2.45 bits per heavy atom. The molecule has 13 heteroatoms. The Morgan fingerprint density at radius 2 is 1.86 bits per heavy atom. The van der Waals surface area contributed by atoms with Crippen LogP contribution in [0.4, 0.5) is 4.79 Å². The van der Waals surface area contributed by atoms with Crippen LogP contribution in [0.5, 0.6) is 0 Å². The molecule has 0 aromatic heterocycles. The highest BCUT2D eigenvalue weighted by Gasteiger charge is 2.44. The fourth-order valence-electron chi connectivity index (χ4n) is 6.21. The third-order valence-corrected chi connectivity index (χ3v) is 10.5. The lowest BCUT2D eigenvalue weighted by Gasteiger charge is -2.38. The number of benzene rings is 1. The monoisotopic (exact) mass is 624 g/mol. The van der Waals surface area contributed by atoms with Crippen molar-refractivity contribution in [3.05, 3.63) is 34.9 Å². The van der Waals surface area contributed by atoms with Crippen LogP contribution in [-0.2, 0) is 30.8 Å². The molecule has 3 fully saturated rings. The van der Waals surface area contributed by atoms with Crippen LogP contribution in [0.3, 0.4) is 0 Å². The maximum Gasteiger partial charge on any atom is 0.408 e. The van der Waals surface area contributed by atoms with E-state index in [1.54, 1.807) is 6.07 Å². The Kier molecular flexibility index (Phi) is 10.4. The van der Waals surface area contributed by atoms with Gasteiger partial charge in [0.05, 0.1) is 5.25 Å². The number of hydrogen-bond donors (Lipinski definition) is 4. The number of carbonyl (C=O) groups is 4. The van der Waals surface area contributed by atoms with Gasteiger partial charge in [0.2, 0.25) is 21.8 Å². The fourth-order valence-corrected chi connectivity index (χ4v) is 7.77. The van der Waals surface area contributed by atoms with Crippen LogP contribution in [0.1, 0.15) is 70.8 Å². The van der Waals surface area contributed by atoms with Crippen molar-refractivity contribution in [1.29, 1.82) is 0 Å². The average Bonchev–Trinajstić information content (AvgIpc) is 3.57. The van der Waals surface area contributed by atoms with Crippen LogP contribution >= 0.6 is 11.6 Å². The number of rotatable bonds is 13. The number of carboxylic acid groups (broad SMARTS) is 1. The predicted octanol–water partition coefficient (Wildman–Crippen LogP) is 3.07. The van der Waals surface area contributed by atoms with Gasteiger partial charge in [0.15, 0.2) is 0 Å². The van der Waals surface area contributed by atoms with E-state index in [-0.39, 0.29) is 30.6 Å². The zero-order chi connectivity index (χ0) is 30.6. The molecule has 4 rings (SSSR count). The van der Waals surface area contributed by atoms with E-state index >= 15 is 0 Å². The summed E-state index contributed by atoms with van der Waals surface area (Å²) in [5.41, 5.74) is 0.984. The van der Waals surface area contributed by atoms with Crippen LogP contribution in [0.15, 0.2) is 24.3 Å². The van der Waals surface area contributed by atoms with E-state index in [1.807, 2.05) is 32.0 Å². The van der Waals surface area contributed by atoms with E-state index in [0.29, 0.717) is 43.7 Å². The highest BCUT2D eigenvalue weighted by Crippen LogP contribution is 2.35. The maximum absolute atomic E-state index is 13.9. The molecule has 1 aromatic carbocycles. The van der Waals surface area contributed by atoms with Crippen molar-refractivity contribution < 1.29 is 32.7 Å². The summed E-state index contributed by atoms with van der Waals surface area (Å²) in [5.74, 6) is -2.54. The summed E-state index contributed by atoms with van der Waals surface area (Å²) in [5, 5.41) is 15.7. The van der Waals surface area contributed by atoms with Gasteiger partial charge in [-0.3, -0.25) is 24.0 Å². The van der Waals surface area contributed by atoms with E-state index in [1.165, 1.54) is 4.90 Å². The molecule has 1 saturated heterocycles. The first-order valence-electron chi connectivity index (χ1n) is 14.7. The van der Waals surface area contributed by atoms with Gasteiger partial charge in [-0.25, -0.2) is 13.2 Å². The van der Waals surface area contributed by atoms with Crippen LogP contribution in [0.2, 0.25) is 5.02 Å². The Bertz CT molecular complexity index is 1290. The zero-order valence-corrected chi connectivity index (χ0v) is 25.6. The molecule has 2 aliphatic carbocycles. The van der Waals surface area contributed by atoms with Crippen molar-refractivity contribution in [2.24, 2.45) is 17.8 Å². The largest absolute Gasteiger partial charge is 0.465 e. The second-order valence-electron chi connectivity index (χ2n) is 12.2. The highest BCUT2D eigenvalue weighted by atomic mass is 35.5. The van der Waals surface area contributed by atoms with Crippen LogP contribution in [0.25, 0.3) is 0 Å². The van der Waals surface area contributed by atoms with Crippen LogP contribution in [-0.4, -0.2) is 72.2 Å². The number of sulfonamides is 1. The summed E-state index contributed by atoms with van der Waals surface area (Å²) < 4.78 is 27.2. The van der Waals surface area contributed by atoms with Crippen molar-refractivity contribution >= 4 is 45.4 Å². The van der Waals surface area contributed by atoms with Gasteiger partial charge < -0.3 is 15.7 Å². The lowest BCUT2D eigenvalue weighted by atomic mass is 9.91. The predicted molar refractivity (Wildman–Crippen MR) is 157 cm³/mol. The molecule has 2 saturated carbocycles. The van der Waals surface area contributed by atoms with Crippen molar-refractivity contribution in [1.82, 2.24) is 20.3 Å². The number of nitrogens with zero attached hydrogens (tertiary/aromatic N) is 1. The van der Waals surface area contributed by atoms with Crippen molar-refractivity contribution in [2.75, 3.05) is 6.54 Å². The van der Waals surface area contributed by atoms with Crippen molar-refractivity contribution in [3.8, 4) is 0 Å². The molecule has 1 aromatic rings. The minimum atomic E-state index is -3.90. The molecule has 1 heterocycles. The van der Waals surface area contributed by atoms with Gasteiger partial charge in [-0.05, 0) is 80.9 Å². The van der Waals surface area contributed by atoms with Gasteiger partial charge in [0.25, 0.3) is 5.91 Å². The lowest BCUT2D eigenvalue weighted by molar-refractivity contribution is -0.133. The second kappa shape index (κ2) is 13.6. The molecule has 3 aliphatic rings. The molecule has 0 spiro atoms. The van der Waals surface area contributed by atoms with Gasteiger partial charge in [0, 0.05) is 23.5 Å². The summed E-state index contributed by atoms with van der Waals surface area (Å²) in [4.78, 5) is 53.5. The first kappa shape index (κ1) is 32.1. The molecule has 0 radical (unpaired) electrons. The normalized spacial score (nSPS) is 23.7. The number of halogens is 1. The van der Waals surface area contributed by atoms with Gasteiger partial charge in [0.1, 0.15) is 12.1 Å². The zero-order valence-electron chi connectivity index (χ0n) is 24.1. The molecule has 2 unspecified atom stereocenters. The maximum atomic E-state index is 13.9. The summed E-state index contributed by atoms with van der Waals surface area (Å²) in [6.07, 6.45) is 3.01. The molecule has 4 amide bonds. The Morgan fingerprint density at radius 1 is 1.12 bits per heavy atom. The third kappa shape index (κ3) is 8.15. The second-order valence-corrected chi connectivity index (χ2v) is 14.6. The van der Waals surface area contributed by atoms with Crippen molar-refractivity contribution in [3.63, 3.8) is 0 Å². The van der Waals surface area contributed by atoms with E-state index in [0.717, 1.165) is 18.4 Å². The standard InChI is InChI=1S/C29H41ClN4O7S/c1-17(2)13-25(34(29(38)39)24-8-4-6-19(24)14-18-5-3-7-21(30)15-18)28(37)32-23(16-20-11-12-31-26(20)35)27(36)33-42(40,41)22-9-10-22/h3,5,7,15,17,19-20,22-25H,4,6,8-14,16H2,1-2H3,(H,31,35)(H,32,37)(H,33,36)(H,38,39)/t19?,20-,23-,24?,25-/m0/s1. The molecule has 11 nitrogen and oxygen atoms in total. The van der Waals surface area contributed by atoms with E-state index < -0.39 is 57.2 Å². The van der Waals surface area contributed by atoms with Crippen LogP contribution < -0.4 is 15.4 Å². The van der Waals surface area contributed by atoms with E-state index in [2.05, 4.69) is 15.4 Å². The van der Waals surface area contributed by atoms with E-state index in [4.69, 9.17) is 11.6 Å². The Hall–Kier alpha value is -2.86. The minimum Gasteiger partial charge on any atom is -0.465 e. The smallest absolute Gasteiger partial charge is 0.408 e. The SMILES string of the molecule is CC(C)C[C@@H](C(=O)N[C@@H](C[C@@H]1CCNC1=O)C(=O)NS(=O)(=O)C1CC1)N(C(=O)O)C1CCCC1Cc1cccc(Cl)c1. The average molecular weight is 625 g/mol. The Labute approximate surface area is 252 Å². The Balaban J connectivity index is 1.57. The lowest BCUT2D eigenvalue weighted by Crippen LogP contribution is -2.59. The molecule has 42 heavy (non-hydrogen) atoms. The van der Waals surface area contributed by atoms with Crippen LogP contribution in [0, 0.1) is 17.8 Å². The summed E-state index contributed by atoms with van der Waals surface area (Å²) in [7, 11) is -3.90. The minimum absolute atomic E-state index is 0.0352. The van der Waals surface area contributed by atoms with Gasteiger partial charge in [-0.2, -0.15) is 0 Å². The molecular formula is C29H41ClN4O7S. The fraction of sp³-hybridized carbons (Fsp3) is 0.655. The van der Waals surface area contributed by atoms with E-state index in [9.17, 15) is 32.7 Å². The molecular weight excluding hydrogens is 584 g/mol. The molecule has 1 aliphatic heterocycles. The highest BCUT2D eigenvalue weighted by molar-refractivity contribution is 7.90. The molecule has 4 N–H and O–H groups in total. The first-order chi connectivity index (χ1) is 19.9. The number of amides is 4. The molecule has 232 valence electrons. The summed E-state index contributed by atoms with van der Waals surface area (Å²) >= 11 is 6.18. The quantitative estimate of drug-likeness (QED) is 0.262. The number of carbonyl (C=O) groups excluding carboxylic acids is 3. The van der Waals surface area contributed by atoms with Gasteiger partial charge >= 0.3 is 6.09 Å². The molecule has 0 bridgehead atoms. The number of nitrogens with one attached hydrogen (secondary N) is 3. The number of hydrogen-bond acceptors (Lipinski definition) is 6. The first-order valence-corrected chi connectivity index (χ1v) is 16.7. The topological polar surface area (TPSA) is 162 Å². The van der Waals surface area contributed by atoms with Crippen molar-refractivity contribution in [2.45, 2.75) is 95.0 Å². The molecule has 5 atom stereocenters. The third-order valence-electron chi connectivity index (χ3n) is 8.44. The van der Waals surface area contributed by atoms with Gasteiger partial charge in [-0.1, -0.05) is 44.0 Å².